The lowest BCUT2D eigenvalue weighted by Gasteiger charge is -2.13. The van der Waals surface area contributed by atoms with E-state index in [1.165, 1.54) is 12.1 Å². The molecular formula is C14H12O3. The van der Waals surface area contributed by atoms with Crippen LogP contribution in [0.5, 0.6) is 5.75 Å². The lowest BCUT2D eigenvalue weighted by molar-refractivity contribution is -0.137. The third kappa shape index (κ3) is 2.45. The lowest BCUT2D eigenvalue weighted by Crippen LogP contribution is -2.12. The van der Waals surface area contributed by atoms with Gasteiger partial charge in [-0.3, -0.25) is 4.79 Å². The predicted octanol–water partition coefficient (Wildman–Crippen LogP) is 2.61. The molecule has 0 bridgehead atoms. The number of carboxylic acid groups (broad SMARTS) is 1. The van der Waals surface area contributed by atoms with Crippen LogP contribution in [-0.2, 0) is 4.79 Å². The van der Waals surface area contributed by atoms with Crippen molar-refractivity contribution < 1.29 is 15.0 Å². The van der Waals surface area contributed by atoms with Gasteiger partial charge in [-0.15, -0.1) is 0 Å². The fourth-order valence-electron chi connectivity index (χ4n) is 1.83. The Morgan fingerprint density at radius 3 is 2.18 bits per heavy atom. The van der Waals surface area contributed by atoms with E-state index in [1.54, 1.807) is 36.4 Å². The first-order valence-corrected chi connectivity index (χ1v) is 5.25. The summed E-state index contributed by atoms with van der Waals surface area (Å²) in [6, 6.07) is 15.3. The van der Waals surface area contributed by atoms with E-state index in [4.69, 9.17) is 0 Å². The zero-order valence-corrected chi connectivity index (χ0v) is 9.08. The molecule has 0 aliphatic heterocycles. The molecule has 0 aromatic heterocycles. The Balaban J connectivity index is 2.47. The van der Waals surface area contributed by atoms with Gasteiger partial charge in [0.1, 0.15) is 11.7 Å². The van der Waals surface area contributed by atoms with Crippen LogP contribution < -0.4 is 0 Å². The fraction of sp³-hybridized carbons (Fsp3) is 0.0714. The molecule has 0 saturated heterocycles. The maximum atomic E-state index is 11.3. The van der Waals surface area contributed by atoms with Gasteiger partial charge in [-0.1, -0.05) is 42.5 Å². The van der Waals surface area contributed by atoms with Crippen molar-refractivity contribution >= 4 is 5.97 Å². The summed E-state index contributed by atoms with van der Waals surface area (Å²) in [5.74, 6) is -1.60. The van der Waals surface area contributed by atoms with Crippen molar-refractivity contribution in [3.05, 3.63) is 65.7 Å². The number of benzene rings is 2. The molecule has 2 aromatic carbocycles. The molecule has 0 radical (unpaired) electrons. The molecule has 0 unspecified atom stereocenters. The molecule has 3 heteroatoms. The van der Waals surface area contributed by atoms with Crippen molar-refractivity contribution in [3.8, 4) is 5.75 Å². The molecule has 2 rings (SSSR count). The molecule has 2 N–H and O–H groups in total. The number of aromatic hydroxyl groups is 1. The molecule has 0 aliphatic rings. The summed E-state index contributed by atoms with van der Waals surface area (Å²) in [4.78, 5) is 11.3. The van der Waals surface area contributed by atoms with Gasteiger partial charge in [0, 0.05) is 0 Å². The van der Waals surface area contributed by atoms with Crippen LogP contribution in [0, 0.1) is 0 Å². The van der Waals surface area contributed by atoms with Crippen molar-refractivity contribution in [1.29, 1.82) is 0 Å². The quantitative estimate of drug-likeness (QED) is 0.849. The molecule has 0 spiro atoms. The van der Waals surface area contributed by atoms with Gasteiger partial charge in [-0.25, -0.2) is 0 Å². The number of carbonyl (C=O) groups is 1. The molecule has 1 atom stereocenters. The van der Waals surface area contributed by atoms with Crippen LogP contribution in [0.25, 0.3) is 0 Å². The van der Waals surface area contributed by atoms with E-state index in [9.17, 15) is 15.0 Å². The summed E-state index contributed by atoms with van der Waals surface area (Å²) < 4.78 is 0. The van der Waals surface area contributed by atoms with E-state index in [0.29, 0.717) is 11.1 Å². The Morgan fingerprint density at radius 1 is 0.941 bits per heavy atom. The maximum absolute atomic E-state index is 11.3. The average Bonchev–Trinajstić information content (AvgIpc) is 2.30. The van der Waals surface area contributed by atoms with Crippen LogP contribution in [0.3, 0.4) is 0 Å². The Morgan fingerprint density at radius 2 is 1.59 bits per heavy atom. The molecule has 3 nitrogen and oxygen atoms in total. The van der Waals surface area contributed by atoms with Crippen LogP contribution in [0.2, 0.25) is 0 Å². The average molecular weight is 228 g/mol. The van der Waals surface area contributed by atoms with Gasteiger partial charge in [-0.05, 0) is 23.3 Å². The first-order valence-electron chi connectivity index (χ1n) is 5.25. The van der Waals surface area contributed by atoms with Gasteiger partial charge in [0.15, 0.2) is 0 Å². The second kappa shape index (κ2) is 4.70. The minimum Gasteiger partial charge on any atom is -0.508 e. The van der Waals surface area contributed by atoms with Crippen LogP contribution >= 0.6 is 0 Å². The first kappa shape index (κ1) is 11.2. The molecule has 0 fully saturated rings. The summed E-state index contributed by atoms with van der Waals surface area (Å²) in [6.07, 6.45) is 0. The normalized spacial score (nSPS) is 12.0. The molecule has 2 aromatic rings. The highest BCUT2D eigenvalue weighted by Crippen LogP contribution is 2.27. The molecule has 0 heterocycles. The van der Waals surface area contributed by atoms with Crippen molar-refractivity contribution in [3.63, 3.8) is 0 Å². The van der Waals surface area contributed by atoms with E-state index in [0.717, 1.165) is 0 Å². The summed E-state index contributed by atoms with van der Waals surface area (Å²) in [6.45, 7) is 0. The largest absolute Gasteiger partial charge is 0.508 e. The van der Waals surface area contributed by atoms with E-state index >= 15 is 0 Å². The van der Waals surface area contributed by atoms with Gasteiger partial charge >= 0.3 is 5.97 Å². The number of phenols is 1. The van der Waals surface area contributed by atoms with E-state index in [-0.39, 0.29) is 5.75 Å². The van der Waals surface area contributed by atoms with E-state index in [2.05, 4.69) is 0 Å². The fourth-order valence-corrected chi connectivity index (χ4v) is 1.83. The molecule has 0 saturated carbocycles. The zero-order chi connectivity index (χ0) is 12.3. The maximum Gasteiger partial charge on any atom is 0.315 e. The number of hydrogen-bond acceptors (Lipinski definition) is 2. The Bertz CT molecular complexity index is 520. The van der Waals surface area contributed by atoms with E-state index < -0.39 is 11.9 Å². The Labute approximate surface area is 99.0 Å². The van der Waals surface area contributed by atoms with Crippen molar-refractivity contribution in [2.45, 2.75) is 5.92 Å². The second-order valence-corrected chi connectivity index (χ2v) is 3.78. The Hall–Kier alpha value is -2.29. The SMILES string of the molecule is O=C(O)[C@@H](c1ccccc1)c1cccc(O)c1. The Kier molecular flexibility index (Phi) is 3.10. The topological polar surface area (TPSA) is 57.5 Å². The van der Waals surface area contributed by atoms with Crippen molar-refractivity contribution in [2.24, 2.45) is 0 Å². The molecule has 17 heavy (non-hydrogen) atoms. The van der Waals surface area contributed by atoms with Crippen LogP contribution in [0.1, 0.15) is 17.0 Å². The number of aliphatic carboxylic acids is 1. The molecular weight excluding hydrogens is 216 g/mol. The van der Waals surface area contributed by atoms with Gasteiger partial charge in [0.05, 0.1) is 0 Å². The highest BCUT2D eigenvalue weighted by atomic mass is 16.4. The zero-order valence-electron chi connectivity index (χ0n) is 9.08. The summed E-state index contributed by atoms with van der Waals surface area (Å²) in [7, 11) is 0. The molecule has 0 amide bonds. The summed E-state index contributed by atoms with van der Waals surface area (Å²) in [5, 5.41) is 18.7. The minimum absolute atomic E-state index is 0.0738. The number of hydrogen-bond donors (Lipinski definition) is 2. The highest BCUT2D eigenvalue weighted by molar-refractivity contribution is 5.80. The molecule has 86 valence electrons. The second-order valence-electron chi connectivity index (χ2n) is 3.78. The number of carboxylic acids is 1. The third-order valence-corrected chi connectivity index (χ3v) is 2.58. The van der Waals surface area contributed by atoms with Crippen molar-refractivity contribution in [2.75, 3.05) is 0 Å². The van der Waals surface area contributed by atoms with Crippen molar-refractivity contribution in [1.82, 2.24) is 0 Å². The highest BCUT2D eigenvalue weighted by Gasteiger charge is 2.21. The minimum atomic E-state index is -0.929. The van der Waals surface area contributed by atoms with Crippen LogP contribution in [-0.4, -0.2) is 16.2 Å². The monoisotopic (exact) mass is 228 g/mol. The van der Waals surface area contributed by atoms with E-state index in [1.807, 2.05) is 6.07 Å². The standard InChI is InChI=1S/C14H12O3/c15-12-8-4-7-11(9-12)13(14(16)17)10-5-2-1-3-6-10/h1-9,13,15H,(H,16,17)/t13-/m0/s1. The predicted molar refractivity (Wildman–Crippen MR) is 64.0 cm³/mol. The first-order chi connectivity index (χ1) is 8.18. The van der Waals surface area contributed by atoms with Gasteiger partial charge in [0.2, 0.25) is 0 Å². The van der Waals surface area contributed by atoms with Crippen LogP contribution in [0.4, 0.5) is 0 Å². The number of phenolic OH excluding ortho intramolecular Hbond substituents is 1. The smallest absolute Gasteiger partial charge is 0.315 e. The summed E-state index contributed by atoms with van der Waals surface area (Å²) in [5.41, 5.74) is 1.27. The van der Waals surface area contributed by atoms with Gasteiger partial charge in [0.25, 0.3) is 0 Å². The lowest BCUT2D eigenvalue weighted by atomic mass is 9.91. The van der Waals surface area contributed by atoms with Crippen LogP contribution in [0.15, 0.2) is 54.6 Å². The summed E-state index contributed by atoms with van der Waals surface area (Å²) >= 11 is 0. The number of rotatable bonds is 3. The van der Waals surface area contributed by atoms with Gasteiger partial charge < -0.3 is 10.2 Å². The molecule has 0 aliphatic carbocycles. The third-order valence-electron chi connectivity index (χ3n) is 2.58. The van der Waals surface area contributed by atoms with Gasteiger partial charge in [-0.2, -0.15) is 0 Å².